The fourth-order valence-corrected chi connectivity index (χ4v) is 10.7. The molecule has 0 aliphatic heterocycles. The molecule has 6 nitrogen and oxygen atoms in total. The fraction of sp³-hybridized carbons (Fsp3) is 0.805. The second-order valence-corrected chi connectivity index (χ2v) is 24.5. The first-order valence-corrected chi connectivity index (χ1v) is 36.4. The Labute approximate surface area is 516 Å². The molecule has 0 aromatic carbocycles. The minimum absolute atomic E-state index is 0.0783. The SMILES string of the molecule is CC/C=C\C/C=C\C/C=C\CCCCCCCCCC(=O)OC(COC(=O)CCCCCCC/C=C\CCCCCCCC)COC(=O)CCCCCCCCCCCCCCCCCCCCCCC/C=C\C/C=C\CCCCCCC. The molecule has 0 spiro atoms. The number of hydrogen-bond acceptors (Lipinski definition) is 6. The zero-order valence-corrected chi connectivity index (χ0v) is 55.5. The molecule has 0 saturated carbocycles. The van der Waals surface area contributed by atoms with Crippen LogP contribution in [0.2, 0.25) is 0 Å². The second-order valence-electron chi connectivity index (χ2n) is 24.5. The number of ether oxygens (including phenoxy) is 3. The van der Waals surface area contributed by atoms with Crippen molar-refractivity contribution in [3.63, 3.8) is 0 Å². The highest BCUT2D eigenvalue weighted by molar-refractivity contribution is 5.71. The molecule has 0 aliphatic carbocycles. The third kappa shape index (κ3) is 69.5. The summed E-state index contributed by atoms with van der Waals surface area (Å²) in [5.41, 5.74) is 0. The molecule has 0 radical (unpaired) electrons. The number of carbonyl (C=O) groups excluding carboxylic acids is 3. The van der Waals surface area contributed by atoms with Crippen LogP contribution < -0.4 is 0 Å². The maximum Gasteiger partial charge on any atom is 0.306 e. The predicted octanol–water partition coefficient (Wildman–Crippen LogP) is 25.2. The van der Waals surface area contributed by atoms with Crippen LogP contribution in [0.5, 0.6) is 0 Å². The van der Waals surface area contributed by atoms with Gasteiger partial charge in [0.2, 0.25) is 0 Å². The smallest absolute Gasteiger partial charge is 0.306 e. The van der Waals surface area contributed by atoms with Gasteiger partial charge in [0.15, 0.2) is 6.10 Å². The van der Waals surface area contributed by atoms with Crippen LogP contribution in [0.15, 0.2) is 72.9 Å². The van der Waals surface area contributed by atoms with Crippen LogP contribution in [0.1, 0.15) is 380 Å². The number of carbonyl (C=O) groups is 3. The van der Waals surface area contributed by atoms with E-state index in [4.69, 9.17) is 14.2 Å². The lowest BCUT2D eigenvalue weighted by atomic mass is 10.0. The standard InChI is InChI=1S/C77H138O6/c1-4-7-10-13-16-19-22-25-28-30-31-32-33-34-35-36-37-38-39-40-41-42-43-44-45-47-49-52-55-58-61-64-67-70-76(79)82-73-74(72-81-75(78)69-66-63-60-57-54-51-48-27-24-21-18-15-12-9-6-3)83-77(80)71-68-65-62-59-56-53-50-46-29-26-23-20-17-14-11-8-5-2/h8,11,17,20,22,25-27,29-31,48,74H,4-7,9-10,12-16,18-19,21,23-24,28,32-47,49-73H2,1-3H3/b11-8-,20-17-,25-22-,29-26-,31-30-,48-27-. The average Bonchev–Trinajstić information content (AvgIpc) is 3.49. The number of hydrogen-bond donors (Lipinski definition) is 0. The monoisotopic (exact) mass is 1160 g/mol. The molecular formula is C77H138O6. The molecule has 0 aromatic rings. The van der Waals surface area contributed by atoms with Gasteiger partial charge in [0.25, 0.3) is 0 Å². The van der Waals surface area contributed by atoms with Gasteiger partial charge in [0.1, 0.15) is 13.2 Å². The molecule has 0 fully saturated rings. The Morgan fingerprint density at radius 2 is 0.470 bits per heavy atom. The average molecular weight is 1160 g/mol. The quantitative estimate of drug-likeness (QED) is 0.0261. The minimum Gasteiger partial charge on any atom is -0.462 e. The first kappa shape index (κ1) is 79.8. The Balaban J connectivity index is 4.17. The van der Waals surface area contributed by atoms with Gasteiger partial charge in [-0.3, -0.25) is 14.4 Å². The normalized spacial score (nSPS) is 12.5. The van der Waals surface area contributed by atoms with Crippen molar-refractivity contribution < 1.29 is 28.6 Å². The largest absolute Gasteiger partial charge is 0.462 e. The third-order valence-corrected chi connectivity index (χ3v) is 16.2. The summed E-state index contributed by atoms with van der Waals surface area (Å²) < 4.78 is 17.0. The Hall–Kier alpha value is -3.15. The Morgan fingerprint density at radius 3 is 0.747 bits per heavy atom. The van der Waals surface area contributed by atoms with Gasteiger partial charge in [-0.15, -0.1) is 0 Å². The molecule has 1 atom stereocenters. The Morgan fingerprint density at radius 1 is 0.253 bits per heavy atom. The first-order chi connectivity index (χ1) is 41.0. The van der Waals surface area contributed by atoms with E-state index in [9.17, 15) is 14.4 Å². The molecule has 482 valence electrons. The van der Waals surface area contributed by atoms with Crippen molar-refractivity contribution >= 4 is 17.9 Å². The lowest BCUT2D eigenvalue weighted by molar-refractivity contribution is -0.167. The molecule has 0 bridgehead atoms. The van der Waals surface area contributed by atoms with Gasteiger partial charge >= 0.3 is 17.9 Å². The van der Waals surface area contributed by atoms with Gasteiger partial charge in [0, 0.05) is 19.3 Å². The topological polar surface area (TPSA) is 78.9 Å². The molecule has 0 N–H and O–H groups in total. The molecule has 6 heteroatoms. The van der Waals surface area contributed by atoms with Crippen molar-refractivity contribution in [2.45, 2.75) is 386 Å². The van der Waals surface area contributed by atoms with Crippen LogP contribution in [0.25, 0.3) is 0 Å². The molecule has 0 amide bonds. The maximum atomic E-state index is 12.9. The van der Waals surface area contributed by atoms with E-state index < -0.39 is 6.10 Å². The Kier molecular flexibility index (Phi) is 68.6. The van der Waals surface area contributed by atoms with Gasteiger partial charge in [0.05, 0.1) is 0 Å². The number of allylic oxidation sites excluding steroid dienone is 12. The molecule has 0 heterocycles. The van der Waals surface area contributed by atoms with Gasteiger partial charge in [-0.05, 0) is 109 Å². The van der Waals surface area contributed by atoms with Crippen molar-refractivity contribution in [1.82, 2.24) is 0 Å². The predicted molar refractivity (Wildman–Crippen MR) is 362 cm³/mol. The summed E-state index contributed by atoms with van der Waals surface area (Å²) in [6.45, 7) is 6.55. The van der Waals surface area contributed by atoms with Crippen LogP contribution >= 0.6 is 0 Å². The van der Waals surface area contributed by atoms with E-state index in [1.165, 1.54) is 244 Å². The van der Waals surface area contributed by atoms with Crippen LogP contribution in [-0.4, -0.2) is 37.2 Å². The maximum absolute atomic E-state index is 12.9. The van der Waals surface area contributed by atoms with Gasteiger partial charge in [-0.1, -0.05) is 325 Å². The van der Waals surface area contributed by atoms with Gasteiger partial charge in [-0.2, -0.15) is 0 Å². The van der Waals surface area contributed by atoms with Crippen molar-refractivity contribution in [3.05, 3.63) is 72.9 Å². The Bertz CT molecular complexity index is 1520. The number of rotatable bonds is 67. The molecule has 83 heavy (non-hydrogen) atoms. The molecule has 0 saturated heterocycles. The van der Waals surface area contributed by atoms with E-state index in [-0.39, 0.29) is 31.1 Å². The molecule has 0 rings (SSSR count). The van der Waals surface area contributed by atoms with Crippen LogP contribution in [0.3, 0.4) is 0 Å². The molecule has 0 aliphatic rings. The highest BCUT2D eigenvalue weighted by Crippen LogP contribution is 2.18. The second kappa shape index (κ2) is 71.3. The highest BCUT2D eigenvalue weighted by atomic mass is 16.6. The van der Waals surface area contributed by atoms with E-state index in [1.54, 1.807) is 0 Å². The van der Waals surface area contributed by atoms with Crippen LogP contribution in [-0.2, 0) is 28.6 Å². The molecule has 1 unspecified atom stereocenters. The third-order valence-electron chi connectivity index (χ3n) is 16.2. The van der Waals surface area contributed by atoms with E-state index in [0.717, 1.165) is 96.3 Å². The summed E-state index contributed by atoms with van der Waals surface area (Å²) in [4.78, 5) is 38.4. The number of unbranched alkanes of at least 4 members (excludes halogenated alkanes) is 44. The van der Waals surface area contributed by atoms with Crippen molar-refractivity contribution in [1.29, 1.82) is 0 Å². The van der Waals surface area contributed by atoms with E-state index in [0.29, 0.717) is 19.3 Å². The summed E-state index contributed by atoms with van der Waals surface area (Å²) in [6.07, 6.45) is 93.8. The zero-order chi connectivity index (χ0) is 59.9. The molecular weight excluding hydrogens is 1020 g/mol. The van der Waals surface area contributed by atoms with Crippen molar-refractivity contribution in [2.75, 3.05) is 13.2 Å². The lowest BCUT2D eigenvalue weighted by Gasteiger charge is -2.18. The summed E-state index contributed by atoms with van der Waals surface area (Å²) in [5, 5.41) is 0. The van der Waals surface area contributed by atoms with E-state index in [2.05, 4.69) is 93.7 Å². The van der Waals surface area contributed by atoms with Crippen molar-refractivity contribution in [3.8, 4) is 0 Å². The van der Waals surface area contributed by atoms with E-state index in [1.807, 2.05) is 0 Å². The van der Waals surface area contributed by atoms with E-state index >= 15 is 0 Å². The van der Waals surface area contributed by atoms with Crippen LogP contribution in [0, 0.1) is 0 Å². The summed E-state index contributed by atoms with van der Waals surface area (Å²) >= 11 is 0. The number of esters is 3. The minimum atomic E-state index is -0.784. The molecule has 0 aromatic heterocycles. The first-order valence-electron chi connectivity index (χ1n) is 36.4. The fourth-order valence-electron chi connectivity index (χ4n) is 10.7. The van der Waals surface area contributed by atoms with Crippen molar-refractivity contribution in [2.24, 2.45) is 0 Å². The summed E-state index contributed by atoms with van der Waals surface area (Å²) in [6, 6.07) is 0. The zero-order valence-electron chi connectivity index (χ0n) is 55.5. The van der Waals surface area contributed by atoms with Crippen LogP contribution in [0.4, 0.5) is 0 Å². The summed E-state index contributed by atoms with van der Waals surface area (Å²) in [7, 11) is 0. The summed E-state index contributed by atoms with van der Waals surface area (Å²) in [5.74, 6) is -0.876. The highest BCUT2D eigenvalue weighted by Gasteiger charge is 2.19. The van der Waals surface area contributed by atoms with Gasteiger partial charge < -0.3 is 14.2 Å². The lowest BCUT2D eigenvalue weighted by Crippen LogP contribution is -2.30. The van der Waals surface area contributed by atoms with Gasteiger partial charge in [-0.25, -0.2) is 0 Å².